The molecule has 1 fully saturated rings. The van der Waals surface area contributed by atoms with Gasteiger partial charge in [0.05, 0.1) is 0 Å². The van der Waals surface area contributed by atoms with Crippen LogP contribution in [0.1, 0.15) is 172 Å². The summed E-state index contributed by atoms with van der Waals surface area (Å²) in [6.07, 6.45) is 14.8. The van der Waals surface area contributed by atoms with E-state index in [1.54, 1.807) is 41.5 Å². The second-order valence-corrected chi connectivity index (χ2v) is 19.4. The fourth-order valence-corrected chi connectivity index (χ4v) is 6.88. The summed E-state index contributed by atoms with van der Waals surface area (Å²) in [5, 5.41) is 13.8. The molecule has 1 rings (SSSR count). The third-order valence-electron chi connectivity index (χ3n) is 9.29. The molecule has 0 spiro atoms. The maximum atomic E-state index is 14.1. The van der Waals surface area contributed by atoms with Gasteiger partial charge in [0.15, 0.2) is 6.04 Å². The third-order valence-corrected chi connectivity index (χ3v) is 9.29. The smallest absolute Gasteiger partial charge is 0.407 e. The molecule has 0 aliphatic heterocycles. The van der Waals surface area contributed by atoms with Gasteiger partial charge >= 0.3 is 18.2 Å². The largest absolute Gasteiger partial charge is 0.460 e. The summed E-state index contributed by atoms with van der Waals surface area (Å²) < 4.78 is 16.4. The maximum absolute atomic E-state index is 14.1. The predicted molar refractivity (Wildman–Crippen MR) is 225 cm³/mol. The molecule has 0 bridgehead atoms. The van der Waals surface area contributed by atoms with Crippen LogP contribution in [0.3, 0.4) is 0 Å². The lowest BCUT2D eigenvalue weighted by Gasteiger charge is -2.33. The second kappa shape index (κ2) is 24.8. The molecule has 1 aliphatic carbocycles. The van der Waals surface area contributed by atoms with Crippen molar-refractivity contribution in [1.29, 1.82) is 0 Å². The quantitative estimate of drug-likeness (QED) is 0.0397. The Kier molecular flexibility index (Phi) is 22.2. The molecule has 1 saturated carbocycles. The first-order valence-corrected chi connectivity index (χ1v) is 21.3. The number of terminal acetylenes is 1. The van der Waals surface area contributed by atoms with Crippen molar-refractivity contribution in [3.63, 3.8) is 0 Å². The van der Waals surface area contributed by atoms with Gasteiger partial charge in [-0.2, -0.15) is 0 Å². The fraction of sp³-hybridized carbons (Fsp3) is 0.818. The van der Waals surface area contributed by atoms with Crippen LogP contribution in [0.5, 0.6) is 0 Å². The number of carbonyl (C=O) groups is 6. The Bertz CT molecular complexity index is 1360. The molecule has 332 valence electrons. The van der Waals surface area contributed by atoms with Crippen LogP contribution in [0, 0.1) is 23.2 Å². The standard InChI is InChI=1S/C44H77N5O9/c1-13-32(37(52)56-31-24-18-16-14-15-17-19-25-31)47-35(50)33(26-20-22-28-45-39(54)57-42(5,6)7)48-36(51)34(49-38(53)44(11,12)30-41(2,3)4)27-21-23-29-46-40(55)58-43(8,9)10/h1,31-34H,14-30H2,2-12H3,(H,45,54)(H,46,55)(H,47,50)(H,48,51)(H,49,53). The zero-order valence-electron chi connectivity index (χ0n) is 37.6. The van der Waals surface area contributed by atoms with Crippen molar-refractivity contribution >= 4 is 35.9 Å². The lowest BCUT2D eigenvalue weighted by atomic mass is 9.75. The highest BCUT2D eigenvalue weighted by Gasteiger charge is 2.36. The first-order valence-electron chi connectivity index (χ1n) is 21.3. The van der Waals surface area contributed by atoms with Crippen molar-refractivity contribution in [3.05, 3.63) is 0 Å². The Morgan fingerprint density at radius 2 is 1.05 bits per heavy atom. The van der Waals surface area contributed by atoms with Gasteiger partial charge in [0.2, 0.25) is 17.7 Å². The molecule has 0 saturated heterocycles. The van der Waals surface area contributed by atoms with E-state index in [1.807, 2.05) is 34.6 Å². The van der Waals surface area contributed by atoms with Crippen molar-refractivity contribution in [3.8, 4) is 12.3 Å². The maximum Gasteiger partial charge on any atom is 0.407 e. The highest BCUT2D eigenvalue weighted by molar-refractivity contribution is 5.94. The molecular weight excluding hydrogens is 743 g/mol. The van der Waals surface area contributed by atoms with E-state index < -0.39 is 64.7 Å². The van der Waals surface area contributed by atoms with E-state index in [1.165, 1.54) is 0 Å². The zero-order chi connectivity index (χ0) is 44.2. The van der Waals surface area contributed by atoms with Crippen LogP contribution in [0.2, 0.25) is 0 Å². The van der Waals surface area contributed by atoms with E-state index in [-0.39, 0.29) is 36.8 Å². The van der Waals surface area contributed by atoms with Gasteiger partial charge in [0.25, 0.3) is 0 Å². The lowest BCUT2D eigenvalue weighted by Crippen LogP contribution is -2.57. The highest BCUT2D eigenvalue weighted by atomic mass is 16.6. The minimum atomic E-state index is -1.38. The molecule has 5 amide bonds. The van der Waals surface area contributed by atoms with E-state index >= 15 is 0 Å². The number of unbranched alkanes of at least 4 members (excludes halogenated alkanes) is 2. The summed E-state index contributed by atoms with van der Waals surface area (Å²) in [5.74, 6) is 0.0419. The minimum Gasteiger partial charge on any atom is -0.460 e. The number of hydrogen-bond acceptors (Lipinski definition) is 9. The minimum absolute atomic E-state index is 0.137. The normalized spacial score (nSPS) is 16.0. The van der Waals surface area contributed by atoms with E-state index in [4.69, 9.17) is 20.6 Å². The van der Waals surface area contributed by atoms with Gasteiger partial charge in [-0.15, -0.1) is 6.42 Å². The third kappa shape index (κ3) is 24.0. The molecule has 0 aromatic rings. The predicted octanol–water partition coefficient (Wildman–Crippen LogP) is 6.97. The van der Waals surface area contributed by atoms with E-state index in [0.29, 0.717) is 38.6 Å². The van der Waals surface area contributed by atoms with Crippen LogP contribution in [-0.4, -0.2) is 84.4 Å². The SMILES string of the molecule is C#CC(NC(=O)C(CCCCNC(=O)OC(C)(C)C)NC(=O)C(CCCCNC(=O)OC(C)(C)C)NC(=O)C(C)(C)CC(C)(C)C)C(=O)OC1CCCCCCCC1. The molecular formula is C44H77N5O9. The lowest BCUT2D eigenvalue weighted by molar-refractivity contribution is -0.152. The first-order chi connectivity index (χ1) is 26.8. The number of carbonyl (C=O) groups excluding carboxylic acids is 6. The van der Waals surface area contributed by atoms with Gasteiger partial charge < -0.3 is 40.8 Å². The fourth-order valence-electron chi connectivity index (χ4n) is 6.88. The molecule has 1 aliphatic rings. The van der Waals surface area contributed by atoms with Crippen molar-refractivity contribution < 1.29 is 43.0 Å². The Balaban J connectivity index is 3.21. The number of rotatable bonds is 19. The van der Waals surface area contributed by atoms with Crippen LogP contribution < -0.4 is 26.6 Å². The number of esters is 1. The van der Waals surface area contributed by atoms with Gasteiger partial charge in [0.1, 0.15) is 29.4 Å². The summed E-state index contributed by atoms with van der Waals surface area (Å²) in [6, 6.07) is -3.54. The monoisotopic (exact) mass is 820 g/mol. The molecule has 3 unspecified atom stereocenters. The van der Waals surface area contributed by atoms with Gasteiger partial charge in [-0.25, -0.2) is 14.4 Å². The summed E-state index contributed by atoms with van der Waals surface area (Å²) in [6.45, 7) is 20.9. The van der Waals surface area contributed by atoms with Gasteiger partial charge in [-0.3, -0.25) is 14.4 Å². The summed E-state index contributed by atoms with van der Waals surface area (Å²) in [7, 11) is 0. The summed E-state index contributed by atoms with van der Waals surface area (Å²) in [4.78, 5) is 79.3. The Hall–Kier alpha value is -4.02. The second-order valence-electron chi connectivity index (χ2n) is 19.4. The van der Waals surface area contributed by atoms with Crippen molar-refractivity contribution in [2.75, 3.05) is 13.1 Å². The average molecular weight is 820 g/mol. The molecule has 0 aromatic carbocycles. The average Bonchev–Trinajstić information content (AvgIpc) is 3.20. The van der Waals surface area contributed by atoms with Crippen molar-refractivity contribution in [2.45, 2.75) is 208 Å². The van der Waals surface area contributed by atoms with Crippen molar-refractivity contribution in [2.24, 2.45) is 10.8 Å². The molecule has 0 heterocycles. The van der Waals surface area contributed by atoms with Crippen LogP contribution in [0.25, 0.3) is 0 Å². The van der Waals surface area contributed by atoms with Crippen LogP contribution >= 0.6 is 0 Å². The number of alkyl carbamates (subject to hydrolysis) is 2. The van der Waals surface area contributed by atoms with Crippen molar-refractivity contribution in [1.82, 2.24) is 26.6 Å². The summed E-state index contributed by atoms with van der Waals surface area (Å²) >= 11 is 0. The number of nitrogens with one attached hydrogen (secondary N) is 5. The number of hydrogen-bond donors (Lipinski definition) is 5. The van der Waals surface area contributed by atoms with Crippen LogP contribution in [0.4, 0.5) is 9.59 Å². The zero-order valence-corrected chi connectivity index (χ0v) is 37.6. The molecule has 14 heteroatoms. The first kappa shape index (κ1) is 52.0. The van der Waals surface area contributed by atoms with Gasteiger partial charge in [-0.1, -0.05) is 66.2 Å². The molecule has 58 heavy (non-hydrogen) atoms. The molecule has 0 radical (unpaired) electrons. The Morgan fingerprint density at radius 3 is 1.48 bits per heavy atom. The summed E-state index contributed by atoms with van der Waals surface area (Å²) in [5.41, 5.74) is -2.30. The molecule has 3 atom stereocenters. The molecule has 5 N–H and O–H groups in total. The van der Waals surface area contributed by atoms with Crippen LogP contribution in [0.15, 0.2) is 0 Å². The van der Waals surface area contributed by atoms with Gasteiger partial charge in [0, 0.05) is 18.5 Å². The highest BCUT2D eigenvalue weighted by Crippen LogP contribution is 2.33. The van der Waals surface area contributed by atoms with E-state index in [0.717, 1.165) is 51.4 Å². The van der Waals surface area contributed by atoms with E-state index in [2.05, 4.69) is 32.5 Å². The van der Waals surface area contributed by atoms with Gasteiger partial charge in [-0.05, 0) is 118 Å². The molecule has 0 aromatic heterocycles. The van der Waals surface area contributed by atoms with E-state index in [9.17, 15) is 28.8 Å². The number of ether oxygens (including phenoxy) is 3. The van der Waals surface area contributed by atoms with Crippen LogP contribution in [-0.2, 0) is 33.4 Å². The molecule has 14 nitrogen and oxygen atoms in total. The number of amides is 5. The Morgan fingerprint density at radius 1 is 0.621 bits per heavy atom. The Labute approximate surface area is 348 Å². The topological polar surface area (TPSA) is 190 Å².